The molecule has 3 aromatic rings. The maximum atomic E-state index is 13.4. The smallest absolute Gasteiger partial charge is 0.280 e. The molecule has 0 radical (unpaired) electrons. The van der Waals surface area contributed by atoms with Gasteiger partial charge in [0.25, 0.3) is 11.8 Å². The molecule has 4 rings (SSSR count). The van der Waals surface area contributed by atoms with Gasteiger partial charge in [-0.15, -0.1) is 5.10 Å². The van der Waals surface area contributed by atoms with Crippen molar-refractivity contribution in [1.82, 2.24) is 30.0 Å². The molecule has 1 amide bonds. The number of hydrogen-bond donors (Lipinski definition) is 0. The van der Waals surface area contributed by atoms with Crippen LogP contribution >= 0.6 is 0 Å². The van der Waals surface area contributed by atoms with Crippen LogP contribution in [-0.2, 0) is 0 Å². The van der Waals surface area contributed by atoms with Crippen LogP contribution in [0.5, 0.6) is 0 Å². The molecule has 1 aromatic carbocycles. The molecular formula is C19H21FN6O2. The topological polar surface area (TPSA) is 89.9 Å². The van der Waals surface area contributed by atoms with Crippen molar-refractivity contribution in [2.45, 2.75) is 38.6 Å². The summed E-state index contributed by atoms with van der Waals surface area (Å²) in [7, 11) is 0. The molecule has 2 aromatic heterocycles. The van der Waals surface area contributed by atoms with E-state index in [0.29, 0.717) is 36.1 Å². The summed E-state index contributed by atoms with van der Waals surface area (Å²) in [5, 5.41) is 12.3. The number of piperidine rings is 1. The van der Waals surface area contributed by atoms with E-state index in [9.17, 15) is 9.18 Å². The predicted molar refractivity (Wildman–Crippen MR) is 98.0 cm³/mol. The van der Waals surface area contributed by atoms with Gasteiger partial charge >= 0.3 is 0 Å². The Kier molecular flexibility index (Phi) is 4.89. The molecule has 0 bridgehead atoms. The standard InChI is InChI=1S/C19H21FN6O2/c1-12(2)17-21-18(28-23-17)16-11-26(24-22-16)15-6-8-25(9-7-15)19(27)13-4-3-5-14(20)10-13/h3-5,10-12,15H,6-9H2,1-2H3. The van der Waals surface area contributed by atoms with Crippen molar-refractivity contribution in [2.24, 2.45) is 0 Å². The fraction of sp³-hybridized carbons (Fsp3) is 0.421. The second kappa shape index (κ2) is 7.49. The van der Waals surface area contributed by atoms with E-state index in [1.807, 2.05) is 13.8 Å². The van der Waals surface area contributed by atoms with Crippen LogP contribution in [0.1, 0.15) is 54.8 Å². The number of benzene rings is 1. The first-order valence-corrected chi connectivity index (χ1v) is 9.32. The van der Waals surface area contributed by atoms with E-state index in [2.05, 4.69) is 20.5 Å². The molecule has 1 fully saturated rings. The van der Waals surface area contributed by atoms with E-state index in [-0.39, 0.29) is 17.9 Å². The summed E-state index contributed by atoms with van der Waals surface area (Å²) >= 11 is 0. The second-order valence-electron chi connectivity index (χ2n) is 7.23. The van der Waals surface area contributed by atoms with Crippen LogP contribution in [0.4, 0.5) is 4.39 Å². The SMILES string of the molecule is CC(C)c1noc(-c2cn(C3CCN(C(=O)c4cccc(F)c4)CC3)nn2)n1. The molecule has 146 valence electrons. The number of likely N-dealkylation sites (tertiary alicyclic amines) is 1. The maximum Gasteiger partial charge on any atom is 0.280 e. The van der Waals surface area contributed by atoms with Crippen molar-refractivity contribution in [1.29, 1.82) is 0 Å². The number of hydrogen-bond acceptors (Lipinski definition) is 6. The second-order valence-corrected chi connectivity index (χ2v) is 7.23. The zero-order valence-corrected chi connectivity index (χ0v) is 15.7. The lowest BCUT2D eigenvalue weighted by molar-refractivity contribution is 0.0688. The van der Waals surface area contributed by atoms with Crippen molar-refractivity contribution >= 4 is 5.91 Å². The summed E-state index contributed by atoms with van der Waals surface area (Å²) in [6, 6.07) is 5.92. The molecule has 9 heteroatoms. The molecule has 0 aliphatic carbocycles. The zero-order chi connectivity index (χ0) is 19.7. The Morgan fingerprint density at radius 1 is 1.29 bits per heavy atom. The Bertz CT molecular complexity index is 974. The molecule has 28 heavy (non-hydrogen) atoms. The van der Waals surface area contributed by atoms with Gasteiger partial charge in [-0.1, -0.05) is 30.3 Å². The average Bonchev–Trinajstić information content (AvgIpc) is 3.37. The van der Waals surface area contributed by atoms with Crippen molar-refractivity contribution in [3.63, 3.8) is 0 Å². The van der Waals surface area contributed by atoms with Crippen LogP contribution in [0, 0.1) is 5.82 Å². The van der Waals surface area contributed by atoms with Gasteiger partial charge in [-0.3, -0.25) is 4.79 Å². The molecule has 3 heterocycles. The van der Waals surface area contributed by atoms with Crippen molar-refractivity contribution < 1.29 is 13.7 Å². The highest BCUT2D eigenvalue weighted by Gasteiger charge is 2.26. The van der Waals surface area contributed by atoms with E-state index < -0.39 is 5.82 Å². The first-order chi connectivity index (χ1) is 13.5. The van der Waals surface area contributed by atoms with E-state index in [4.69, 9.17) is 4.52 Å². The first kappa shape index (κ1) is 18.3. The quantitative estimate of drug-likeness (QED) is 0.687. The summed E-state index contributed by atoms with van der Waals surface area (Å²) in [6.07, 6.45) is 3.28. The number of rotatable bonds is 4. The van der Waals surface area contributed by atoms with Gasteiger partial charge < -0.3 is 9.42 Å². The lowest BCUT2D eigenvalue weighted by Crippen LogP contribution is -2.39. The summed E-state index contributed by atoms with van der Waals surface area (Å²) in [5.41, 5.74) is 0.913. The fourth-order valence-corrected chi connectivity index (χ4v) is 3.26. The first-order valence-electron chi connectivity index (χ1n) is 9.32. The predicted octanol–water partition coefficient (Wildman–Crippen LogP) is 3.07. The average molecular weight is 384 g/mol. The minimum absolute atomic E-state index is 0.130. The molecule has 0 N–H and O–H groups in total. The minimum atomic E-state index is -0.405. The van der Waals surface area contributed by atoms with E-state index in [0.717, 1.165) is 12.8 Å². The van der Waals surface area contributed by atoms with E-state index >= 15 is 0 Å². The van der Waals surface area contributed by atoms with Gasteiger partial charge in [0.1, 0.15) is 5.82 Å². The van der Waals surface area contributed by atoms with Crippen molar-refractivity contribution in [3.05, 3.63) is 47.7 Å². The third-order valence-electron chi connectivity index (χ3n) is 4.88. The molecule has 1 aliphatic rings. The zero-order valence-electron chi connectivity index (χ0n) is 15.7. The monoisotopic (exact) mass is 384 g/mol. The van der Waals surface area contributed by atoms with Crippen LogP contribution in [0.25, 0.3) is 11.6 Å². The molecular weight excluding hydrogens is 363 g/mol. The number of carbonyl (C=O) groups is 1. The summed E-state index contributed by atoms with van der Waals surface area (Å²) in [4.78, 5) is 18.6. The van der Waals surface area contributed by atoms with Crippen molar-refractivity contribution in [3.8, 4) is 11.6 Å². The van der Waals surface area contributed by atoms with Gasteiger partial charge in [0.2, 0.25) is 0 Å². The van der Waals surface area contributed by atoms with Crippen LogP contribution in [0.2, 0.25) is 0 Å². The largest absolute Gasteiger partial charge is 0.338 e. The third-order valence-corrected chi connectivity index (χ3v) is 4.88. The fourth-order valence-electron chi connectivity index (χ4n) is 3.26. The van der Waals surface area contributed by atoms with Crippen molar-refractivity contribution in [2.75, 3.05) is 13.1 Å². The van der Waals surface area contributed by atoms with Gasteiger partial charge in [-0.05, 0) is 31.0 Å². The van der Waals surface area contributed by atoms with Gasteiger partial charge in [-0.2, -0.15) is 4.98 Å². The molecule has 0 saturated carbocycles. The highest BCUT2D eigenvalue weighted by molar-refractivity contribution is 5.94. The Morgan fingerprint density at radius 2 is 2.07 bits per heavy atom. The van der Waals surface area contributed by atoms with Gasteiger partial charge in [0.05, 0.1) is 12.2 Å². The van der Waals surface area contributed by atoms with Crippen LogP contribution in [0.15, 0.2) is 35.0 Å². The lowest BCUT2D eigenvalue weighted by Gasteiger charge is -2.31. The van der Waals surface area contributed by atoms with Gasteiger partial charge in [0.15, 0.2) is 11.5 Å². The number of halogens is 1. The van der Waals surface area contributed by atoms with Crippen LogP contribution in [-0.4, -0.2) is 49.0 Å². The Labute approximate surface area is 161 Å². The molecule has 0 atom stereocenters. The highest BCUT2D eigenvalue weighted by Crippen LogP contribution is 2.25. The normalized spacial score (nSPS) is 15.4. The van der Waals surface area contributed by atoms with Crippen LogP contribution in [0.3, 0.4) is 0 Å². The number of carbonyl (C=O) groups excluding carboxylic acids is 1. The van der Waals surface area contributed by atoms with Gasteiger partial charge in [-0.25, -0.2) is 9.07 Å². The summed E-state index contributed by atoms with van der Waals surface area (Å²) < 4.78 is 20.4. The van der Waals surface area contributed by atoms with Gasteiger partial charge in [0, 0.05) is 24.6 Å². The molecule has 0 spiro atoms. The third kappa shape index (κ3) is 3.64. The number of aromatic nitrogens is 5. The minimum Gasteiger partial charge on any atom is -0.338 e. The molecule has 8 nitrogen and oxygen atoms in total. The number of amides is 1. The summed E-state index contributed by atoms with van der Waals surface area (Å²) in [5.74, 6) is 0.608. The maximum absolute atomic E-state index is 13.4. The summed E-state index contributed by atoms with van der Waals surface area (Å²) in [6.45, 7) is 5.13. The molecule has 1 saturated heterocycles. The van der Waals surface area contributed by atoms with E-state index in [1.54, 1.807) is 27.9 Å². The Morgan fingerprint density at radius 3 is 2.75 bits per heavy atom. The highest BCUT2D eigenvalue weighted by atomic mass is 19.1. The number of nitrogens with zero attached hydrogens (tertiary/aromatic N) is 6. The Hall–Kier alpha value is -3.10. The van der Waals surface area contributed by atoms with Crippen LogP contribution < -0.4 is 0 Å². The Balaban J connectivity index is 1.40. The molecule has 1 aliphatic heterocycles. The van der Waals surface area contributed by atoms with E-state index in [1.165, 1.54) is 12.1 Å². The lowest BCUT2D eigenvalue weighted by atomic mass is 10.0. The molecule has 0 unspecified atom stereocenters.